The van der Waals surface area contributed by atoms with E-state index in [1.165, 1.54) is 4.31 Å². The second-order valence-corrected chi connectivity index (χ2v) is 9.33. The van der Waals surface area contributed by atoms with Crippen molar-refractivity contribution in [1.82, 2.24) is 4.31 Å². The van der Waals surface area contributed by atoms with E-state index >= 15 is 0 Å². The molecule has 0 aliphatic heterocycles. The van der Waals surface area contributed by atoms with Crippen LogP contribution in [0.2, 0.25) is 0 Å². The molecule has 2 aromatic rings. The molecule has 0 aromatic heterocycles. The largest absolute Gasteiger partial charge is 0.243 e. The molecule has 0 saturated carbocycles. The van der Waals surface area contributed by atoms with Crippen LogP contribution in [-0.4, -0.2) is 31.2 Å². The van der Waals surface area contributed by atoms with Crippen LogP contribution in [0.25, 0.3) is 0 Å². The Morgan fingerprint density at radius 1 is 0.923 bits per heavy atom. The van der Waals surface area contributed by atoms with Crippen LogP contribution in [-0.2, 0) is 10.0 Å². The van der Waals surface area contributed by atoms with Gasteiger partial charge in [0.2, 0.25) is 10.0 Å². The summed E-state index contributed by atoms with van der Waals surface area (Å²) >= 11 is 13.0. The number of hydrogen-bond donors (Lipinski definition) is 0. The summed E-state index contributed by atoms with van der Waals surface area (Å²) in [7, 11) is -3.66. The second-order valence-electron chi connectivity index (χ2n) is 6.25. The number of nitrogens with zero attached hydrogens (tertiary/aromatic N) is 1. The predicted octanol–water partition coefficient (Wildman–Crippen LogP) is 5.46. The number of alkyl halides is 2. The summed E-state index contributed by atoms with van der Waals surface area (Å²) < 4.78 is 27.7. The van der Waals surface area contributed by atoms with Gasteiger partial charge in [0, 0.05) is 18.5 Å². The van der Waals surface area contributed by atoms with Gasteiger partial charge in [-0.25, -0.2) is 8.42 Å². The minimum absolute atomic E-state index is 0.179. The van der Waals surface area contributed by atoms with E-state index in [2.05, 4.69) is 6.92 Å². The highest BCUT2D eigenvalue weighted by molar-refractivity contribution is 7.89. The van der Waals surface area contributed by atoms with E-state index < -0.39 is 15.4 Å². The Morgan fingerprint density at radius 3 is 2.08 bits per heavy atom. The SMILES string of the molecule is CCCCC(Cl)CN(CC(Cl)c1ccccc1)S(=O)(=O)c1ccccc1. The van der Waals surface area contributed by atoms with Gasteiger partial charge in [0.15, 0.2) is 0 Å². The smallest absolute Gasteiger partial charge is 0.207 e. The van der Waals surface area contributed by atoms with E-state index in [9.17, 15) is 8.42 Å². The van der Waals surface area contributed by atoms with Crippen molar-refractivity contribution < 1.29 is 8.42 Å². The molecule has 0 N–H and O–H groups in total. The molecule has 2 atom stereocenters. The van der Waals surface area contributed by atoms with Gasteiger partial charge in [-0.3, -0.25) is 0 Å². The van der Waals surface area contributed by atoms with Crippen LogP contribution < -0.4 is 0 Å². The highest BCUT2D eigenvalue weighted by Gasteiger charge is 2.28. The van der Waals surface area contributed by atoms with Crippen LogP contribution in [0.5, 0.6) is 0 Å². The Balaban J connectivity index is 2.24. The lowest BCUT2D eigenvalue weighted by atomic mass is 10.1. The van der Waals surface area contributed by atoms with Crippen molar-refractivity contribution in [3.63, 3.8) is 0 Å². The summed E-state index contributed by atoms with van der Waals surface area (Å²) in [5, 5.41) is -0.683. The molecule has 6 heteroatoms. The highest BCUT2D eigenvalue weighted by Crippen LogP contribution is 2.26. The van der Waals surface area contributed by atoms with Gasteiger partial charge in [0.05, 0.1) is 10.3 Å². The molecule has 0 spiro atoms. The number of halogens is 2. The van der Waals surface area contributed by atoms with Gasteiger partial charge in [-0.15, -0.1) is 23.2 Å². The molecule has 0 saturated heterocycles. The first-order valence-corrected chi connectivity index (χ1v) is 11.1. The van der Waals surface area contributed by atoms with Crippen molar-refractivity contribution in [3.8, 4) is 0 Å². The zero-order valence-electron chi connectivity index (χ0n) is 14.9. The van der Waals surface area contributed by atoms with Crippen LogP contribution in [0.4, 0.5) is 0 Å². The standard InChI is InChI=1S/C20H25Cl2NO2S/c1-2-3-12-18(21)15-23(16-20(22)17-10-6-4-7-11-17)26(24,25)19-13-8-5-9-14-19/h4-11,13-14,18,20H,2-3,12,15-16H2,1H3. The van der Waals surface area contributed by atoms with Gasteiger partial charge in [0.25, 0.3) is 0 Å². The molecular formula is C20H25Cl2NO2S. The van der Waals surface area contributed by atoms with Gasteiger partial charge in [-0.05, 0) is 24.1 Å². The molecule has 2 rings (SSSR count). The summed E-state index contributed by atoms with van der Waals surface area (Å²) in [5.41, 5.74) is 0.891. The monoisotopic (exact) mass is 413 g/mol. The Hall–Kier alpha value is -1.07. The second kappa shape index (κ2) is 10.3. The Kier molecular flexibility index (Phi) is 8.42. The third kappa shape index (κ3) is 5.98. The summed E-state index contributed by atoms with van der Waals surface area (Å²) in [6.07, 6.45) is 2.77. The molecule has 0 aliphatic rings. The molecule has 0 heterocycles. The van der Waals surface area contributed by atoms with E-state index in [1.807, 2.05) is 30.3 Å². The topological polar surface area (TPSA) is 37.4 Å². The first-order valence-electron chi connectivity index (χ1n) is 8.83. The van der Waals surface area contributed by atoms with Gasteiger partial charge in [-0.2, -0.15) is 4.31 Å². The van der Waals surface area contributed by atoms with Gasteiger partial charge >= 0.3 is 0 Å². The average molecular weight is 414 g/mol. The summed E-state index contributed by atoms with van der Waals surface area (Å²) in [6.45, 7) is 2.51. The minimum atomic E-state index is -3.66. The van der Waals surface area contributed by atoms with E-state index in [0.29, 0.717) is 0 Å². The quantitative estimate of drug-likeness (QED) is 0.485. The van der Waals surface area contributed by atoms with E-state index in [-0.39, 0.29) is 23.4 Å². The fraction of sp³-hybridized carbons (Fsp3) is 0.400. The number of rotatable bonds is 10. The summed E-state index contributed by atoms with van der Waals surface area (Å²) in [5.74, 6) is 0. The number of sulfonamides is 1. The van der Waals surface area contributed by atoms with Crippen LogP contribution in [0.15, 0.2) is 65.6 Å². The number of hydrogen-bond acceptors (Lipinski definition) is 2. The first-order chi connectivity index (χ1) is 12.4. The minimum Gasteiger partial charge on any atom is -0.207 e. The van der Waals surface area contributed by atoms with Crippen molar-refractivity contribution in [1.29, 1.82) is 0 Å². The van der Waals surface area contributed by atoms with E-state index in [4.69, 9.17) is 23.2 Å². The van der Waals surface area contributed by atoms with Crippen LogP contribution >= 0.6 is 23.2 Å². The number of benzene rings is 2. The maximum absolute atomic E-state index is 13.1. The molecule has 26 heavy (non-hydrogen) atoms. The fourth-order valence-electron chi connectivity index (χ4n) is 2.70. The highest BCUT2D eigenvalue weighted by atomic mass is 35.5. The third-order valence-corrected chi connectivity index (χ3v) is 6.77. The third-order valence-electron chi connectivity index (χ3n) is 4.18. The van der Waals surface area contributed by atoms with Crippen molar-refractivity contribution in [2.24, 2.45) is 0 Å². The van der Waals surface area contributed by atoms with Gasteiger partial charge in [-0.1, -0.05) is 68.3 Å². The zero-order valence-corrected chi connectivity index (χ0v) is 17.2. The Labute approximate surface area is 167 Å². The molecule has 2 unspecified atom stereocenters. The van der Waals surface area contributed by atoms with Crippen LogP contribution in [0.3, 0.4) is 0 Å². The van der Waals surface area contributed by atoms with Gasteiger partial charge < -0.3 is 0 Å². The maximum atomic E-state index is 13.1. The maximum Gasteiger partial charge on any atom is 0.243 e. The first kappa shape index (κ1) is 21.2. The lowest BCUT2D eigenvalue weighted by molar-refractivity contribution is 0.399. The van der Waals surface area contributed by atoms with Crippen LogP contribution in [0, 0.1) is 0 Å². The fourth-order valence-corrected chi connectivity index (χ4v) is 5.01. The zero-order chi connectivity index (χ0) is 19.0. The molecule has 0 aliphatic carbocycles. The molecule has 0 radical (unpaired) electrons. The van der Waals surface area contributed by atoms with Crippen molar-refractivity contribution >= 4 is 33.2 Å². The van der Waals surface area contributed by atoms with Crippen molar-refractivity contribution in [3.05, 3.63) is 66.2 Å². The predicted molar refractivity (Wildman–Crippen MR) is 109 cm³/mol. The van der Waals surface area contributed by atoms with E-state index in [1.54, 1.807) is 30.3 Å². The molecule has 2 aromatic carbocycles. The Bertz CT molecular complexity index is 754. The molecule has 0 bridgehead atoms. The summed E-state index contributed by atoms with van der Waals surface area (Å²) in [6, 6.07) is 17.9. The molecular weight excluding hydrogens is 389 g/mol. The lowest BCUT2D eigenvalue weighted by Crippen LogP contribution is -2.38. The Morgan fingerprint density at radius 2 is 1.50 bits per heavy atom. The molecule has 0 amide bonds. The van der Waals surface area contributed by atoms with E-state index in [0.717, 1.165) is 24.8 Å². The summed E-state index contributed by atoms with van der Waals surface area (Å²) in [4.78, 5) is 0.260. The van der Waals surface area contributed by atoms with Crippen LogP contribution in [0.1, 0.15) is 37.1 Å². The normalized spacial score (nSPS) is 14.3. The van der Waals surface area contributed by atoms with Crippen molar-refractivity contribution in [2.45, 2.75) is 41.8 Å². The molecule has 3 nitrogen and oxygen atoms in total. The lowest BCUT2D eigenvalue weighted by Gasteiger charge is -2.26. The molecule has 142 valence electrons. The molecule has 0 fully saturated rings. The number of unbranched alkanes of at least 4 members (excludes halogenated alkanes) is 1. The van der Waals surface area contributed by atoms with Crippen molar-refractivity contribution in [2.75, 3.05) is 13.1 Å². The van der Waals surface area contributed by atoms with Gasteiger partial charge in [0.1, 0.15) is 0 Å². The average Bonchev–Trinajstić information content (AvgIpc) is 2.67.